The van der Waals surface area contributed by atoms with Crippen molar-refractivity contribution in [1.82, 2.24) is 0 Å². The highest BCUT2D eigenvalue weighted by atomic mass is 127. The number of carboxylic acid groups (broad SMARTS) is 1. The lowest BCUT2D eigenvalue weighted by Gasteiger charge is -2.01. The summed E-state index contributed by atoms with van der Waals surface area (Å²) in [4.78, 5) is 10.6. The second-order valence-corrected chi connectivity index (χ2v) is 4.53. The smallest absolute Gasteiger partial charge is 0.337 e. The highest BCUT2D eigenvalue weighted by Gasteiger charge is 2.11. The number of carbonyl (C=O) groups is 1. The van der Waals surface area contributed by atoms with E-state index in [9.17, 15) is 4.79 Å². The van der Waals surface area contributed by atoms with Gasteiger partial charge in [-0.2, -0.15) is 0 Å². The summed E-state index contributed by atoms with van der Waals surface area (Å²) in [6, 6.07) is 3.28. The summed E-state index contributed by atoms with van der Waals surface area (Å²) in [6.45, 7) is 0. The van der Waals surface area contributed by atoms with Crippen molar-refractivity contribution in [1.29, 1.82) is 0 Å². The van der Waals surface area contributed by atoms with Crippen LogP contribution >= 0.6 is 50.1 Å². The van der Waals surface area contributed by atoms with Gasteiger partial charge in [0, 0.05) is 8.04 Å². The van der Waals surface area contributed by atoms with E-state index >= 15 is 0 Å². The molecule has 0 spiro atoms. The topological polar surface area (TPSA) is 37.3 Å². The maximum absolute atomic E-state index is 10.6. The van der Waals surface area contributed by atoms with Gasteiger partial charge < -0.3 is 5.11 Å². The van der Waals surface area contributed by atoms with E-state index in [2.05, 4.69) is 15.9 Å². The zero-order chi connectivity index (χ0) is 9.30. The quantitative estimate of drug-likeness (QED) is 0.615. The number of aromatic carboxylic acids is 1. The van der Waals surface area contributed by atoms with E-state index in [0.717, 1.165) is 3.57 Å². The van der Waals surface area contributed by atoms with Gasteiger partial charge in [-0.1, -0.05) is 11.6 Å². The fourth-order valence-electron chi connectivity index (χ4n) is 0.712. The van der Waals surface area contributed by atoms with Crippen LogP contribution < -0.4 is 0 Å². The molecule has 0 unspecified atom stereocenters. The summed E-state index contributed by atoms with van der Waals surface area (Å²) >= 11 is 10.9. The molecule has 1 aromatic rings. The van der Waals surface area contributed by atoms with Gasteiger partial charge in [0.15, 0.2) is 0 Å². The molecular weight excluding hydrogens is 358 g/mol. The van der Waals surface area contributed by atoms with Crippen LogP contribution in [-0.4, -0.2) is 11.1 Å². The molecule has 1 rings (SSSR count). The first-order valence-electron chi connectivity index (χ1n) is 2.90. The summed E-state index contributed by atoms with van der Waals surface area (Å²) in [5.41, 5.74) is 0.121. The largest absolute Gasteiger partial charge is 0.478 e. The lowest BCUT2D eigenvalue weighted by molar-refractivity contribution is 0.0697. The Balaban J connectivity index is 3.37. The molecular formula is C7H3BrClIO2. The molecule has 0 aliphatic carbocycles. The summed E-state index contributed by atoms with van der Waals surface area (Å²) in [5, 5.41) is 8.94. The number of rotatable bonds is 1. The second kappa shape index (κ2) is 3.93. The zero-order valence-corrected chi connectivity index (χ0v) is 10.1. The van der Waals surface area contributed by atoms with E-state index in [4.69, 9.17) is 16.7 Å². The minimum Gasteiger partial charge on any atom is -0.478 e. The van der Waals surface area contributed by atoms with Gasteiger partial charge >= 0.3 is 5.97 Å². The van der Waals surface area contributed by atoms with Crippen molar-refractivity contribution in [2.75, 3.05) is 0 Å². The van der Waals surface area contributed by atoms with E-state index in [1.165, 1.54) is 6.07 Å². The molecule has 0 heterocycles. The van der Waals surface area contributed by atoms with Crippen molar-refractivity contribution in [2.24, 2.45) is 0 Å². The molecule has 0 aliphatic rings. The predicted molar refractivity (Wildman–Crippen MR) is 58.8 cm³/mol. The summed E-state index contributed by atoms with van der Waals surface area (Å²) < 4.78 is 1.44. The predicted octanol–water partition coefficient (Wildman–Crippen LogP) is 3.41. The number of benzene rings is 1. The van der Waals surface area contributed by atoms with Gasteiger partial charge in [-0.15, -0.1) is 0 Å². The first kappa shape index (κ1) is 10.3. The molecule has 1 N–H and O–H groups in total. The van der Waals surface area contributed by atoms with E-state index in [1.807, 2.05) is 22.6 Å². The third-order valence-electron chi connectivity index (χ3n) is 1.22. The van der Waals surface area contributed by atoms with Crippen molar-refractivity contribution in [3.63, 3.8) is 0 Å². The summed E-state index contributed by atoms with van der Waals surface area (Å²) in [7, 11) is 0. The summed E-state index contributed by atoms with van der Waals surface area (Å²) in [6.07, 6.45) is 0. The van der Waals surface area contributed by atoms with Gasteiger partial charge in [-0.3, -0.25) is 0 Å². The Morgan fingerprint density at radius 2 is 2.17 bits per heavy atom. The molecule has 0 fully saturated rings. The van der Waals surface area contributed by atoms with Crippen LogP contribution in [-0.2, 0) is 0 Å². The van der Waals surface area contributed by atoms with Crippen molar-refractivity contribution >= 4 is 56.1 Å². The van der Waals surface area contributed by atoms with Crippen LogP contribution in [0.25, 0.3) is 0 Å². The molecule has 0 aromatic heterocycles. The first-order valence-corrected chi connectivity index (χ1v) is 5.15. The van der Waals surface area contributed by atoms with Crippen LogP contribution in [0.15, 0.2) is 16.6 Å². The van der Waals surface area contributed by atoms with Crippen molar-refractivity contribution in [3.8, 4) is 0 Å². The van der Waals surface area contributed by atoms with Crippen LogP contribution in [0, 0.1) is 3.57 Å². The van der Waals surface area contributed by atoms with Crippen LogP contribution in [0.4, 0.5) is 0 Å². The molecule has 1 aromatic carbocycles. The Morgan fingerprint density at radius 3 is 2.67 bits per heavy atom. The summed E-state index contributed by atoms with van der Waals surface area (Å²) in [5.74, 6) is -1.01. The number of hydrogen-bond donors (Lipinski definition) is 1. The molecule has 0 bridgehead atoms. The van der Waals surface area contributed by atoms with E-state index in [-0.39, 0.29) is 10.6 Å². The fourth-order valence-corrected chi connectivity index (χ4v) is 2.41. The SMILES string of the molecule is O=C(O)c1cc(I)cc(Br)c1Cl. The van der Waals surface area contributed by atoms with Crippen LogP contribution in [0.2, 0.25) is 5.02 Å². The lowest BCUT2D eigenvalue weighted by atomic mass is 10.2. The van der Waals surface area contributed by atoms with Crippen LogP contribution in [0.5, 0.6) is 0 Å². The Morgan fingerprint density at radius 1 is 1.58 bits per heavy atom. The van der Waals surface area contributed by atoms with E-state index in [1.54, 1.807) is 6.07 Å². The average Bonchev–Trinajstić information content (AvgIpc) is 1.96. The van der Waals surface area contributed by atoms with Crippen molar-refractivity contribution < 1.29 is 9.90 Å². The molecule has 2 nitrogen and oxygen atoms in total. The third kappa shape index (κ3) is 2.11. The normalized spacial score (nSPS) is 9.92. The van der Waals surface area contributed by atoms with Gasteiger partial charge in [-0.25, -0.2) is 4.79 Å². The number of hydrogen-bond acceptors (Lipinski definition) is 1. The highest BCUT2D eigenvalue weighted by Crippen LogP contribution is 2.28. The minimum absolute atomic E-state index is 0.121. The molecule has 0 atom stereocenters. The lowest BCUT2D eigenvalue weighted by Crippen LogP contribution is -1.98. The third-order valence-corrected chi connectivity index (χ3v) is 3.11. The van der Waals surface area contributed by atoms with Crippen molar-refractivity contribution in [2.45, 2.75) is 0 Å². The molecule has 0 amide bonds. The second-order valence-electron chi connectivity index (χ2n) is 2.05. The Hall–Kier alpha value is 0.190. The van der Waals surface area contributed by atoms with Gasteiger partial charge in [0.05, 0.1) is 10.6 Å². The Bertz CT molecular complexity index is 340. The van der Waals surface area contributed by atoms with E-state index < -0.39 is 5.97 Å². The van der Waals surface area contributed by atoms with Gasteiger partial charge in [0.2, 0.25) is 0 Å². The Kier molecular flexibility index (Phi) is 3.37. The minimum atomic E-state index is -1.01. The number of halogens is 3. The molecule has 0 saturated heterocycles. The zero-order valence-electron chi connectivity index (χ0n) is 5.64. The highest BCUT2D eigenvalue weighted by molar-refractivity contribution is 14.1. The van der Waals surface area contributed by atoms with Crippen LogP contribution in [0.1, 0.15) is 10.4 Å². The molecule has 64 valence electrons. The monoisotopic (exact) mass is 360 g/mol. The maximum Gasteiger partial charge on any atom is 0.337 e. The average molecular weight is 361 g/mol. The van der Waals surface area contributed by atoms with Crippen LogP contribution in [0.3, 0.4) is 0 Å². The maximum atomic E-state index is 10.6. The van der Waals surface area contributed by atoms with E-state index in [0.29, 0.717) is 4.47 Å². The standard InChI is InChI=1S/C7H3BrClIO2/c8-5-2-3(10)1-4(6(5)9)7(11)12/h1-2H,(H,11,12). The van der Waals surface area contributed by atoms with Gasteiger partial charge in [0.25, 0.3) is 0 Å². The number of carboxylic acids is 1. The molecule has 0 radical (unpaired) electrons. The fraction of sp³-hybridized carbons (Fsp3) is 0. The van der Waals surface area contributed by atoms with Crippen molar-refractivity contribution in [3.05, 3.63) is 30.8 Å². The van der Waals surface area contributed by atoms with Gasteiger partial charge in [0.1, 0.15) is 0 Å². The molecule has 0 aliphatic heterocycles. The molecule has 5 heteroatoms. The first-order chi connectivity index (χ1) is 5.52. The van der Waals surface area contributed by atoms with Gasteiger partial charge in [-0.05, 0) is 50.7 Å². The Labute approximate surface area is 96.2 Å². The molecule has 12 heavy (non-hydrogen) atoms. The molecule has 0 saturated carbocycles.